The van der Waals surface area contributed by atoms with Crippen LogP contribution < -0.4 is 10.5 Å². The van der Waals surface area contributed by atoms with Crippen LogP contribution in [0.5, 0.6) is 5.75 Å². The largest absolute Gasteiger partial charge is 0.492 e. The molecule has 0 aliphatic rings. The first kappa shape index (κ1) is 13.8. The van der Waals surface area contributed by atoms with E-state index in [9.17, 15) is 0 Å². The van der Waals surface area contributed by atoms with E-state index >= 15 is 0 Å². The summed E-state index contributed by atoms with van der Waals surface area (Å²) in [7, 11) is 0. The van der Waals surface area contributed by atoms with Crippen LogP contribution >= 0.6 is 11.6 Å². The molecule has 5 nitrogen and oxygen atoms in total. The molecule has 1 heterocycles. The maximum atomic E-state index is 6.10. The van der Waals surface area contributed by atoms with Gasteiger partial charge in [0.1, 0.15) is 12.4 Å². The van der Waals surface area contributed by atoms with E-state index in [-0.39, 0.29) is 6.04 Å². The van der Waals surface area contributed by atoms with Crippen molar-refractivity contribution in [3.05, 3.63) is 41.2 Å². The van der Waals surface area contributed by atoms with Crippen molar-refractivity contribution >= 4 is 11.6 Å². The highest BCUT2D eigenvalue weighted by atomic mass is 35.5. The molecule has 0 fully saturated rings. The second kappa shape index (κ2) is 6.54. The summed E-state index contributed by atoms with van der Waals surface area (Å²) < 4.78 is 7.44. The van der Waals surface area contributed by atoms with Gasteiger partial charge in [-0.15, -0.1) is 5.10 Å². The van der Waals surface area contributed by atoms with Crippen LogP contribution in [0.3, 0.4) is 0 Å². The molecule has 6 heteroatoms. The number of hydrogen-bond acceptors (Lipinski definition) is 4. The van der Waals surface area contributed by atoms with Crippen molar-refractivity contribution in [2.45, 2.75) is 25.9 Å². The third-order valence-corrected chi connectivity index (χ3v) is 2.92. The van der Waals surface area contributed by atoms with Crippen LogP contribution in [-0.2, 0) is 6.54 Å². The number of aryl methyl sites for hydroxylation is 1. The number of halogens is 1. The molecule has 1 aromatic heterocycles. The Labute approximate surface area is 117 Å². The Kier molecular flexibility index (Phi) is 4.76. The van der Waals surface area contributed by atoms with E-state index in [4.69, 9.17) is 22.1 Å². The van der Waals surface area contributed by atoms with Crippen molar-refractivity contribution in [3.63, 3.8) is 0 Å². The number of benzene rings is 1. The van der Waals surface area contributed by atoms with E-state index in [1.54, 1.807) is 18.3 Å². The molecule has 0 bridgehead atoms. The standard InChI is InChI=1S/C13H17ClN4O/c1-2-6-18-13(8-16-17-18)12(15)9-19-11-5-3-4-10(14)7-11/h3-5,7-8,12H,2,6,9,15H2,1H3. The van der Waals surface area contributed by atoms with Crippen LogP contribution in [0.4, 0.5) is 0 Å². The summed E-state index contributed by atoms with van der Waals surface area (Å²) in [4.78, 5) is 0. The Balaban J connectivity index is 1.97. The highest BCUT2D eigenvalue weighted by Gasteiger charge is 2.13. The number of rotatable bonds is 6. The summed E-state index contributed by atoms with van der Waals surface area (Å²) in [6.45, 7) is 3.25. The van der Waals surface area contributed by atoms with E-state index < -0.39 is 0 Å². The van der Waals surface area contributed by atoms with Gasteiger partial charge in [0.05, 0.1) is 17.9 Å². The molecule has 0 radical (unpaired) electrons. The number of nitrogens with two attached hydrogens (primary N) is 1. The molecule has 0 spiro atoms. The molecular weight excluding hydrogens is 264 g/mol. The lowest BCUT2D eigenvalue weighted by Gasteiger charge is -2.14. The lowest BCUT2D eigenvalue weighted by atomic mass is 10.2. The van der Waals surface area contributed by atoms with Gasteiger partial charge in [-0.05, 0) is 24.6 Å². The molecule has 1 aromatic carbocycles. The van der Waals surface area contributed by atoms with Crippen LogP contribution in [0.25, 0.3) is 0 Å². The van der Waals surface area contributed by atoms with Crippen molar-refractivity contribution in [2.75, 3.05) is 6.61 Å². The monoisotopic (exact) mass is 280 g/mol. The van der Waals surface area contributed by atoms with Crippen LogP contribution in [0.15, 0.2) is 30.5 Å². The number of aromatic nitrogens is 3. The molecule has 0 aliphatic heterocycles. The van der Waals surface area contributed by atoms with E-state index in [0.717, 1.165) is 18.7 Å². The maximum absolute atomic E-state index is 6.10. The van der Waals surface area contributed by atoms with Crippen LogP contribution in [0.2, 0.25) is 5.02 Å². The van der Waals surface area contributed by atoms with Gasteiger partial charge in [0.15, 0.2) is 0 Å². The molecule has 0 aliphatic carbocycles. The fourth-order valence-corrected chi connectivity index (χ4v) is 1.95. The topological polar surface area (TPSA) is 66.0 Å². The van der Waals surface area contributed by atoms with Gasteiger partial charge in [-0.25, -0.2) is 4.68 Å². The summed E-state index contributed by atoms with van der Waals surface area (Å²) in [6.07, 6.45) is 2.67. The second-order valence-electron chi connectivity index (χ2n) is 4.26. The third-order valence-electron chi connectivity index (χ3n) is 2.69. The van der Waals surface area contributed by atoms with Gasteiger partial charge in [-0.3, -0.25) is 0 Å². The Bertz CT molecular complexity index is 529. The molecule has 2 N–H and O–H groups in total. The maximum Gasteiger partial charge on any atom is 0.120 e. The normalized spacial score (nSPS) is 12.4. The smallest absolute Gasteiger partial charge is 0.120 e. The van der Waals surface area contributed by atoms with Crippen molar-refractivity contribution in [3.8, 4) is 5.75 Å². The highest BCUT2D eigenvalue weighted by Crippen LogP contribution is 2.18. The van der Waals surface area contributed by atoms with Gasteiger partial charge in [0, 0.05) is 11.6 Å². The fraction of sp³-hybridized carbons (Fsp3) is 0.385. The zero-order valence-corrected chi connectivity index (χ0v) is 11.5. The van der Waals surface area contributed by atoms with Gasteiger partial charge in [0.25, 0.3) is 0 Å². The minimum Gasteiger partial charge on any atom is -0.492 e. The van der Waals surface area contributed by atoms with Gasteiger partial charge >= 0.3 is 0 Å². The highest BCUT2D eigenvalue weighted by molar-refractivity contribution is 6.30. The van der Waals surface area contributed by atoms with Gasteiger partial charge in [-0.1, -0.05) is 29.8 Å². The predicted molar refractivity (Wildman–Crippen MR) is 74.2 cm³/mol. The average molecular weight is 281 g/mol. The van der Waals surface area contributed by atoms with Crippen molar-refractivity contribution in [2.24, 2.45) is 5.73 Å². The van der Waals surface area contributed by atoms with E-state index in [0.29, 0.717) is 17.4 Å². The zero-order chi connectivity index (χ0) is 13.7. The molecule has 1 atom stereocenters. The zero-order valence-electron chi connectivity index (χ0n) is 10.8. The lowest BCUT2D eigenvalue weighted by molar-refractivity contribution is 0.284. The van der Waals surface area contributed by atoms with Crippen molar-refractivity contribution in [1.29, 1.82) is 0 Å². The Morgan fingerprint density at radius 1 is 1.47 bits per heavy atom. The van der Waals surface area contributed by atoms with Crippen LogP contribution in [0.1, 0.15) is 25.1 Å². The SMILES string of the molecule is CCCn1nncc1C(N)COc1cccc(Cl)c1. The quantitative estimate of drug-likeness (QED) is 0.882. The fourth-order valence-electron chi connectivity index (χ4n) is 1.77. The number of hydrogen-bond donors (Lipinski definition) is 1. The van der Waals surface area contributed by atoms with E-state index in [1.807, 2.05) is 16.8 Å². The van der Waals surface area contributed by atoms with E-state index in [1.165, 1.54) is 0 Å². The molecule has 19 heavy (non-hydrogen) atoms. The Hall–Kier alpha value is -1.59. The van der Waals surface area contributed by atoms with Crippen LogP contribution in [0, 0.1) is 0 Å². The summed E-state index contributed by atoms with van der Waals surface area (Å²) in [5, 5.41) is 8.54. The first-order valence-corrected chi connectivity index (χ1v) is 6.61. The van der Waals surface area contributed by atoms with Crippen LogP contribution in [-0.4, -0.2) is 21.6 Å². The molecule has 1 unspecified atom stereocenters. The first-order chi connectivity index (χ1) is 9.20. The average Bonchev–Trinajstić information content (AvgIpc) is 2.85. The van der Waals surface area contributed by atoms with Crippen molar-refractivity contribution < 1.29 is 4.74 Å². The second-order valence-corrected chi connectivity index (χ2v) is 4.69. The number of nitrogens with zero attached hydrogens (tertiary/aromatic N) is 3. The molecular formula is C13H17ClN4O. The first-order valence-electron chi connectivity index (χ1n) is 6.23. The lowest BCUT2D eigenvalue weighted by Crippen LogP contribution is -2.22. The Morgan fingerprint density at radius 2 is 2.32 bits per heavy atom. The summed E-state index contributed by atoms with van der Waals surface area (Å²) >= 11 is 5.89. The van der Waals surface area contributed by atoms with E-state index in [2.05, 4.69) is 17.2 Å². The molecule has 0 saturated carbocycles. The van der Waals surface area contributed by atoms with Gasteiger partial charge in [-0.2, -0.15) is 0 Å². The Morgan fingerprint density at radius 3 is 3.05 bits per heavy atom. The summed E-state index contributed by atoms with van der Waals surface area (Å²) in [5.74, 6) is 0.706. The number of ether oxygens (including phenoxy) is 1. The van der Waals surface area contributed by atoms with Gasteiger partial charge < -0.3 is 10.5 Å². The molecule has 2 aromatic rings. The molecule has 0 saturated heterocycles. The minimum atomic E-state index is -0.263. The molecule has 0 amide bonds. The molecule has 102 valence electrons. The van der Waals surface area contributed by atoms with Crippen molar-refractivity contribution in [1.82, 2.24) is 15.0 Å². The minimum absolute atomic E-state index is 0.263. The summed E-state index contributed by atoms with van der Waals surface area (Å²) in [5.41, 5.74) is 6.98. The predicted octanol–water partition coefficient (Wildman–Crippen LogP) is 2.42. The third kappa shape index (κ3) is 3.68. The van der Waals surface area contributed by atoms with Gasteiger partial charge in [0.2, 0.25) is 0 Å². The molecule has 2 rings (SSSR count). The summed E-state index contributed by atoms with van der Waals surface area (Å²) in [6, 6.07) is 6.98.